The van der Waals surface area contributed by atoms with E-state index in [1.54, 1.807) is 7.05 Å². The Hall–Kier alpha value is -1.14. The second-order valence-corrected chi connectivity index (χ2v) is 3.35. The smallest absolute Gasteiger partial charge is 0.325 e. The predicted molar refractivity (Wildman–Crippen MR) is 52.3 cm³/mol. The van der Waals surface area contributed by atoms with Gasteiger partial charge in [-0.1, -0.05) is 0 Å². The first-order valence-corrected chi connectivity index (χ1v) is 4.78. The number of methoxy groups -OCH3 is 1. The Morgan fingerprint density at radius 3 is 2.87 bits per heavy atom. The molecule has 0 aromatic heterocycles. The lowest BCUT2D eigenvalue weighted by Crippen LogP contribution is -2.52. The van der Waals surface area contributed by atoms with Gasteiger partial charge in [-0.2, -0.15) is 0 Å². The van der Waals surface area contributed by atoms with Crippen molar-refractivity contribution in [3.63, 3.8) is 0 Å². The summed E-state index contributed by atoms with van der Waals surface area (Å²) in [5.41, 5.74) is 0. The van der Waals surface area contributed by atoms with Gasteiger partial charge in [0.15, 0.2) is 0 Å². The summed E-state index contributed by atoms with van der Waals surface area (Å²) in [5.74, 6) is -0.581. The maximum absolute atomic E-state index is 11.7. The fourth-order valence-corrected chi connectivity index (χ4v) is 1.33. The van der Waals surface area contributed by atoms with Gasteiger partial charge in [-0.25, -0.2) is 0 Å². The average molecular weight is 216 g/mol. The Balaban J connectivity index is 2.40. The summed E-state index contributed by atoms with van der Waals surface area (Å²) in [4.78, 5) is 24.0. The zero-order valence-corrected chi connectivity index (χ0v) is 8.99. The van der Waals surface area contributed by atoms with Crippen molar-refractivity contribution in [1.29, 1.82) is 0 Å². The summed E-state index contributed by atoms with van der Waals surface area (Å²) in [6.07, 6.45) is 0. The molecule has 6 heteroatoms. The summed E-state index contributed by atoms with van der Waals surface area (Å²) in [5, 5.41) is 3.02. The van der Waals surface area contributed by atoms with Gasteiger partial charge in [-0.3, -0.25) is 9.59 Å². The van der Waals surface area contributed by atoms with Crippen LogP contribution in [0.15, 0.2) is 0 Å². The molecule has 0 aromatic carbocycles. The van der Waals surface area contributed by atoms with Gasteiger partial charge in [0.2, 0.25) is 5.91 Å². The fraction of sp³-hybridized carbons (Fsp3) is 0.778. The zero-order chi connectivity index (χ0) is 11.3. The summed E-state index contributed by atoms with van der Waals surface area (Å²) in [7, 11) is 2.86. The van der Waals surface area contributed by atoms with Crippen LogP contribution in [0.2, 0.25) is 0 Å². The van der Waals surface area contributed by atoms with E-state index in [0.717, 1.165) is 0 Å². The number of nitrogens with one attached hydrogen (secondary N) is 1. The number of esters is 1. The fourth-order valence-electron chi connectivity index (χ4n) is 1.33. The van der Waals surface area contributed by atoms with Crippen molar-refractivity contribution >= 4 is 11.9 Å². The normalized spacial score (nSPS) is 20.8. The highest BCUT2D eigenvalue weighted by Crippen LogP contribution is 1.98. The van der Waals surface area contributed by atoms with E-state index in [1.807, 2.05) is 0 Å². The monoisotopic (exact) mass is 216 g/mol. The number of carbonyl (C=O) groups excluding carboxylic acids is 2. The molecule has 1 unspecified atom stereocenters. The molecule has 0 radical (unpaired) electrons. The van der Waals surface area contributed by atoms with Crippen LogP contribution in [0.1, 0.15) is 0 Å². The highest BCUT2D eigenvalue weighted by molar-refractivity contribution is 5.85. The summed E-state index contributed by atoms with van der Waals surface area (Å²) in [6, 6.07) is -0.353. The summed E-state index contributed by atoms with van der Waals surface area (Å²) in [6.45, 7) is 1.59. The molecule has 0 aliphatic carbocycles. The van der Waals surface area contributed by atoms with Crippen LogP contribution in [0.5, 0.6) is 0 Å². The molecule has 1 rings (SSSR count). The third-order valence-electron chi connectivity index (χ3n) is 2.19. The number of hydrogen-bond acceptors (Lipinski definition) is 5. The molecule has 1 heterocycles. The van der Waals surface area contributed by atoms with E-state index >= 15 is 0 Å². The average Bonchev–Trinajstić information content (AvgIpc) is 2.29. The second-order valence-electron chi connectivity index (χ2n) is 3.35. The van der Waals surface area contributed by atoms with Crippen molar-refractivity contribution in [2.24, 2.45) is 0 Å². The summed E-state index contributed by atoms with van der Waals surface area (Å²) < 4.78 is 9.63. The number of morpholine rings is 1. The van der Waals surface area contributed by atoms with E-state index in [1.165, 1.54) is 12.0 Å². The van der Waals surface area contributed by atoms with Gasteiger partial charge in [0.05, 0.1) is 20.3 Å². The number of carbonyl (C=O) groups is 2. The van der Waals surface area contributed by atoms with E-state index in [4.69, 9.17) is 4.74 Å². The van der Waals surface area contributed by atoms with Crippen molar-refractivity contribution in [2.45, 2.75) is 6.04 Å². The predicted octanol–water partition coefficient (Wildman–Crippen LogP) is -1.39. The number of amides is 1. The minimum absolute atomic E-state index is 0.0342. The Morgan fingerprint density at radius 1 is 1.60 bits per heavy atom. The standard InChI is InChI=1S/C9H16N2O4/c1-11(5-8(12)14-2)9(13)7-6-15-4-3-10-7/h7,10H,3-6H2,1-2H3. The number of hydrogen-bond donors (Lipinski definition) is 1. The molecule has 1 saturated heterocycles. The zero-order valence-electron chi connectivity index (χ0n) is 8.99. The lowest BCUT2D eigenvalue weighted by Gasteiger charge is -2.26. The second kappa shape index (κ2) is 5.67. The van der Waals surface area contributed by atoms with E-state index < -0.39 is 5.97 Å². The van der Waals surface area contributed by atoms with Gasteiger partial charge in [0, 0.05) is 13.6 Å². The summed E-state index contributed by atoms with van der Waals surface area (Å²) >= 11 is 0. The van der Waals surface area contributed by atoms with Crippen LogP contribution in [0.25, 0.3) is 0 Å². The van der Waals surface area contributed by atoms with Gasteiger partial charge >= 0.3 is 5.97 Å². The first kappa shape index (κ1) is 11.9. The highest BCUT2D eigenvalue weighted by atomic mass is 16.5. The third kappa shape index (κ3) is 3.49. The number of rotatable bonds is 3. The van der Waals surface area contributed by atoms with E-state index in [9.17, 15) is 9.59 Å². The van der Waals surface area contributed by atoms with Crippen molar-refractivity contribution in [3.05, 3.63) is 0 Å². The minimum Gasteiger partial charge on any atom is -0.468 e. The molecule has 0 saturated carbocycles. The molecule has 1 atom stereocenters. The minimum atomic E-state index is -0.428. The molecule has 6 nitrogen and oxygen atoms in total. The molecule has 1 N–H and O–H groups in total. The van der Waals surface area contributed by atoms with Crippen LogP contribution >= 0.6 is 0 Å². The molecule has 1 aliphatic heterocycles. The first-order chi connectivity index (χ1) is 7.15. The van der Waals surface area contributed by atoms with E-state index in [-0.39, 0.29) is 18.5 Å². The topological polar surface area (TPSA) is 67.9 Å². The van der Waals surface area contributed by atoms with Crippen LogP contribution in [0, 0.1) is 0 Å². The van der Waals surface area contributed by atoms with Crippen LogP contribution in [0.4, 0.5) is 0 Å². The van der Waals surface area contributed by atoms with Gasteiger partial charge in [-0.05, 0) is 0 Å². The Morgan fingerprint density at radius 2 is 2.33 bits per heavy atom. The lowest BCUT2D eigenvalue weighted by molar-refractivity contribution is -0.147. The van der Waals surface area contributed by atoms with Gasteiger partial charge in [-0.15, -0.1) is 0 Å². The molecular weight excluding hydrogens is 200 g/mol. The van der Waals surface area contributed by atoms with E-state index in [2.05, 4.69) is 10.1 Å². The Kier molecular flexibility index (Phi) is 4.51. The molecule has 0 spiro atoms. The van der Waals surface area contributed by atoms with Crippen molar-refractivity contribution in [2.75, 3.05) is 40.5 Å². The molecule has 1 amide bonds. The van der Waals surface area contributed by atoms with Crippen LogP contribution in [-0.4, -0.2) is 63.3 Å². The lowest BCUT2D eigenvalue weighted by atomic mass is 10.2. The molecule has 0 bridgehead atoms. The quantitative estimate of drug-likeness (QED) is 0.588. The van der Waals surface area contributed by atoms with Crippen molar-refractivity contribution < 1.29 is 19.1 Å². The number of likely N-dealkylation sites (N-methyl/N-ethyl adjacent to an activating group) is 1. The SMILES string of the molecule is COC(=O)CN(C)C(=O)C1COCCN1. The molecular formula is C9H16N2O4. The Bertz CT molecular complexity index is 238. The van der Waals surface area contributed by atoms with E-state index in [0.29, 0.717) is 19.8 Å². The number of nitrogens with zero attached hydrogens (tertiary/aromatic N) is 1. The van der Waals surface area contributed by atoms with Crippen LogP contribution in [0.3, 0.4) is 0 Å². The molecule has 0 aromatic rings. The van der Waals surface area contributed by atoms with Gasteiger partial charge < -0.3 is 19.7 Å². The molecule has 1 fully saturated rings. The largest absolute Gasteiger partial charge is 0.468 e. The van der Waals surface area contributed by atoms with Crippen molar-refractivity contribution in [3.8, 4) is 0 Å². The number of ether oxygens (including phenoxy) is 2. The molecule has 1 aliphatic rings. The molecule has 15 heavy (non-hydrogen) atoms. The first-order valence-electron chi connectivity index (χ1n) is 4.78. The van der Waals surface area contributed by atoms with Crippen molar-refractivity contribution in [1.82, 2.24) is 10.2 Å². The van der Waals surface area contributed by atoms with Gasteiger partial charge in [0.25, 0.3) is 0 Å². The Labute approximate surface area is 88.5 Å². The van der Waals surface area contributed by atoms with Crippen LogP contribution in [-0.2, 0) is 19.1 Å². The molecule has 86 valence electrons. The van der Waals surface area contributed by atoms with Gasteiger partial charge in [0.1, 0.15) is 12.6 Å². The highest BCUT2D eigenvalue weighted by Gasteiger charge is 2.25. The maximum atomic E-state index is 11.7. The van der Waals surface area contributed by atoms with Crippen LogP contribution < -0.4 is 5.32 Å². The third-order valence-corrected chi connectivity index (χ3v) is 2.19. The maximum Gasteiger partial charge on any atom is 0.325 e.